The third-order valence-electron chi connectivity index (χ3n) is 2.38. The summed E-state index contributed by atoms with van der Waals surface area (Å²) in [7, 11) is 0. The van der Waals surface area contributed by atoms with Crippen LogP contribution in [0.4, 0.5) is 11.4 Å². The van der Waals surface area contributed by atoms with Gasteiger partial charge in [0, 0.05) is 10.0 Å². The molecule has 0 heterocycles. The van der Waals surface area contributed by atoms with E-state index in [0.717, 1.165) is 20.1 Å². The molecule has 16 heavy (non-hydrogen) atoms. The zero-order chi connectivity index (χ0) is 11.7. The number of anilines is 2. The SMILES string of the molecule is Nc1c(Br)cc(-c2ccccc2)c(N)c1Br. The first-order valence-corrected chi connectivity index (χ1v) is 6.28. The zero-order valence-corrected chi connectivity index (χ0v) is 11.5. The van der Waals surface area contributed by atoms with Crippen LogP contribution in [-0.2, 0) is 0 Å². The fourth-order valence-corrected chi connectivity index (χ4v) is 2.63. The summed E-state index contributed by atoms with van der Waals surface area (Å²) in [5.41, 5.74) is 15.2. The molecular weight excluding hydrogens is 332 g/mol. The van der Waals surface area contributed by atoms with E-state index in [1.807, 2.05) is 36.4 Å². The second-order valence-electron chi connectivity index (χ2n) is 3.41. The van der Waals surface area contributed by atoms with Gasteiger partial charge in [0.05, 0.1) is 15.8 Å². The lowest BCUT2D eigenvalue weighted by Crippen LogP contribution is -1.97. The molecule has 0 aliphatic rings. The second kappa shape index (κ2) is 4.47. The highest BCUT2D eigenvalue weighted by molar-refractivity contribution is 9.11. The summed E-state index contributed by atoms with van der Waals surface area (Å²) >= 11 is 6.82. The Bertz CT molecular complexity index is 524. The molecule has 0 saturated heterocycles. The van der Waals surface area contributed by atoms with Crippen molar-refractivity contribution < 1.29 is 0 Å². The van der Waals surface area contributed by atoms with Crippen LogP contribution in [0.1, 0.15) is 0 Å². The van der Waals surface area contributed by atoms with Crippen LogP contribution in [0.25, 0.3) is 11.1 Å². The van der Waals surface area contributed by atoms with Crippen LogP contribution < -0.4 is 11.5 Å². The van der Waals surface area contributed by atoms with Crippen LogP contribution in [0.2, 0.25) is 0 Å². The largest absolute Gasteiger partial charge is 0.397 e. The Hall–Kier alpha value is -1.00. The summed E-state index contributed by atoms with van der Waals surface area (Å²) in [6, 6.07) is 11.9. The topological polar surface area (TPSA) is 52.0 Å². The maximum Gasteiger partial charge on any atom is 0.0652 e. The van der Waals surface area contributed by atoms with E-state index in [2.05, 4.69) is 31.9 Å². The molecule has 0 aliphatic heterocycles. The molecule has 0 atom stereocenters. The zero-order valence-electron chi connectivity index (χ0n) is 8.37. The highest BCUT2D eigenvalue weighted by Crippen LogP contribution is 2.40. The molecule has 2 rings (SSSR count). The molecule has 4 N–H and O–H groups in total. The van der Waals surface area contributed by atoms with E-state index in [-0.39, 0.29) is 0 Å². The fourth-order valence-electron chi connectivity index (χ4n) is 1.51. The van der Waals surface area contributed by atoms with Gasteiger partial charge in [-0.05, 0) is 43.5 Å². The van der Waals surface area contributed by atoms with Crippen molar-refractivity contribution in [1.29, 1.82) is 0 Å². The Balaban J connectivity index is 2.68. The quantitative estimate of drug-likeness (QED) is 0.769. The molecule has 0 radical (unpaired) electrons. The highest BCUT2D eigenvalue weighted by atomic mass is 79.9. The lowest BCUT2D eigenvalue weighted by molar-refractivity contribution is 1.55. The van der Waals surface area contributed by atoms with Crippen LogP contribution in [-0.4, -0.2) is 0 Å². The minimum Gasteiger partial charge on any atom is -0.397 e. The Labute approximate surface area is 111 Å². The summed E-state index contributed by atoms with van der Waals surface area (Å²) in [5, 5.41) is 0. The molecule has 0 unspecified atom stereocenters. The average molecular weight is 342 g/mol. The molecule has 82 valence electrons. The Kier molecular flexibility index (Phi) is 3.21. The van der Waals surface area contributed by atoms with Gasteiger partial charge in [0.15, 0.2) is 0 Å². The summed E-state index contributed by atoms with van der Waals surface area (Å²) in [4.78, 5) is 0. The van der Waals surface area contributed by atoms with Crippen molar-refractivity contribution in [2.24, 2.45) is 0 Å². The molecule has 2 nitrogen and oxygen atoms in total. The lowest BCUT2D eigenvalue weighted by atomic mass is 10.0. The van der Waals surface area contributed by atoms with Crippen molar-refractivity contribution in [2.75, 3.05) is 11.5 Å². The van der Waals surface area contributed by atoms with Crippen molar-refractivity contribution in [3.8, 4) is 11.1 Å². The van der Waals surface area contributed by atoms with Crippen LogP contribution in [0, 0.1) is 0 Å². The van der Waals surface area contributed by atoms with Gasteiger partial charge in [-0.25, -0.2) is 0 Å². The molecule has 0 amide bonds. The van der Waals surface area contributed by atoms with E-state index in [9.17, 15) is 0 Å². The smallest absolute Gasteiger partial charge is 0.0652 e. The summed E-state index contributed by atoms with van der Waals surface area (Å²) in [5.74, 6) is 0. The van der Waals surface area contributed by atoms with E-state index in [0.29, 0.717) is 11.4 Å². The number of rotatable bonds is 1. The van der Waals surface area contributed by atoms with Crippen molar-refractivity contribution in [2.45, 2.75) is 0 Å². The third-order valence-corrected chi connectivity index (χ3v) is 3.89. The third kappa shape index (κ3) is 1.95. The van der Waals surface area contributed by atoms with E-state index in [1.165, 1.54) is 0 Å². The van der Waals surface area contributed by atoms with Crippen LogP contribution in [0.3, 0.4) is 0 Å². The van der Waals surface area contributed by atoms with Crippen molar-refractivity contribution >= 4 is 43.2 Å². The van der Waals surface area contributed by atoms with Gasteiger partial charge in [-0.3, -0.25) is 0 Å². The molecule has 0 aliphatic carbocycles. The van der Waals surface area contributed by atoms with Gasteiger partial charge < -0.3 is 11.5 Å². The number of nitrogens with two attached hydrogens (primary N) is 2. The monoisotopic (exact) mass is 340 g/mol. The molecule has 0 bridgehead atoms. The molecule has 0 fully saturated rings. The standard InChI is InChI=1S/C12H10Br2N2/c13-9-6-8(7-4-2-1-3-5-7)11(15)10(14)12(9)16/h1-6H,15-16H2. The van der Waals surface area contributed by atoms with Crippen LogP contribution in [0.15, 0.2) is 45.3 Å². The van der Waals surface area contributed by atoms with Crippen LogP contribution >= 0.6 is 31.9 Å². The first kappa shape index (κ1) is 11.5. The predicted octanol–water partition coefficient (Wildman–Crippen LogP) is 4.04. The van der Waals surface area contributed by atoms with Crippen molar-refractivity contribution in [3.05, 3.63) is 45.3 Å². The number of benzene rings is 2. The Morgan fingerprint density at radius 1 is 0.875 bits per heavy atom. The fraction of sp³-hybridized carbons (Fsp3) is 0. The van der Waals surface area contributed by atoms with E-state index in [4.69, 9.17) is 11.5 Å². The second-order valence-corrected chi connectivity index (χ2v) is 5.06. The minimum absolute atomic E-state index is 0.622. The lowest BCUT2D eigenvalue weighted by Gasteiger charge is -2.11. The van der Waals surface area contributed by atoms with Crippen molar-refractivity contribution in [3.63, 3.8) is 0 Å². The molecule has 0 saturated carbocycles. The molecule has 0 spiro atoms. The molecule has 4 heteroatoms. The summed E-state index contributed by atoms with van der Waals surface area (Å²) in [6.07, 6.45) is 0. The predicted molar refractivity (Wildman–Crippen MR) is 76.1 cm³/mol. The van der Waals surface area contributed by atoms with Gasteiger partial charge in [0.1, 0.15) is 0 Å². The molecular formula is C12H10Br2N2. The maximum absolute atomic E-state index is 6.04. The number of nitrogen functional groups attached to an aromatic ring is 2. The summed E-state index contributed by atoms with van der Waals surface area (Å²) in [6.45, 7) is 0. The van der Waals surface area contributed by atoms with Gasteiger partial charge in [-0.2, -0.15) is 0 Å². The average Bonchev–Trinajstić information content (AvgIpc) is 2.32. The molecule has 2 aromatic rings. The van der Waals surface area contributed by atoms with Gasteiger partial charge in [0.2, 0.25) is 0 Å². The Morgan fingerprint density at radius 3 is 2.12 bits per heavy atom. The summed E-state index contributed by atoms with van der Waals surface area (Å²) < 4.78 is 1.58. The molecule has 2 aromatic carbocycles. The highest BCUT2D eigenvalue weighted by Gasteiger charge is 2.11. The van der Waals surface area contributed by atoms with Crippen LogP contribution in [0.5, 0.6) is 0 Å². The van der Waals surface area contributed by atoms with Gasteiger partial charge >= 0.3 is 0 Å². The first-order valence-electron chi connectivity index (χ1n) is 4.69. The Morgan fingerprint density at radius 2 is 1.50 bits per heavy atom. The van der Waals surface area contributed by atoms with E-state index >= 15 is 0 Å². The number of halogens is 2. The van der Waals surface area contributed by atoms with Gasteiger partial charge in [-0.15, -0.1) is 0 Å². The van der Waals surface area contributed by atoms with Gasteiger partial charge in [0.25, 0.3) is 0 Å². The van der Waals surface area contributed by atoms with E-state index in [1.54, 1.807) is 0 Å². The molecule has 0 aromatic heterocycles. The van der Waals surface area contributed by atoms with Crippen molar-refractivity contribution in [1.82, 2.24) is 0 Å². The number of hydrogen-bond donors (Lipinski definition) is 2. The van der Waals surface area contributed by atoms with Gasteiger partial charge in [-0.1, -0.05) is 30.3 Å². The normalized spacial score (nSPS) is 10.4. The number of hydrogen-bond acceptors (Lipinski definition) is 2. The van der Waals surface area contributed by atoms with E-state index < -0.39 is 0 Å². The minimum atomic E-state index is 0.622. The first-order chi connectivity index (χ1) is 7.61. The maximum atomic E-state index is 6.04.